The van der Waals surface area contributed by atoms with Gasteiger partial charge in [-0.05, 0) is 121 Å². The van der Waals surface area contributed by atoms with Crippen LogP contribution in [0.15, 0.2) is 96.7 Å². The van der Waals surface area contributed by atoms with Crippen molar-refractivity contribution in [2.24, 2.45) is 29.1 Å². The second kappa shape index (κ2) is 27.2. The first-order valence-electron chi connectivity index (χ1n) is 22.8. The molecule has 8 atom stereocenters. The Morgan fingerprint density at radius 3 is 2.07 bits per heavy atom. The standard InChI is InChI=1S/C51H78N2O6/c1-7-9-10-11-12-13-14-15-16-17-18-19-20-21-22-23-24-25-26-27-48(57)53-33-32-42(38-53)52-47(56)37-44(55)36-43(54)30-31-45-40(4)28-29-41-34-39(3)35-46(49(41)45)59-50(58)51(5,6)8-2/h9-10,12-13,15-16,18-19,21-22,24-25,28-29,34,39-40,42-46,49,54-55H,7-8,11,14,17,20,23,26-27,30-33,35-38H2,1-6H3,(H,52,56)/b10-9-,13-12-,16-15-,19-18-,22-21-,25-24-/t39-,40-,42?,43-,44+,45-,46?,49?/m0/s1. The van der Waals surface area contributed by atoms with E-state index in [4.69, 9.17) is 4.74 Å². The second-order valence-corrected chi connectivity index (χ2v) is 17.6. The van der Waals surface area contributed by atoms with Crippen LogP contribution < -0.4 is 5.32 Å². The van der Waals surface area contributed by atoms with Crippen LogP contribution in [0.25, 0.3) is 0 Å². The molecule has 0 aromatic heterocycles. The number of likely N-dealkylation sites (tertiary alicyclic amines) is 1. The third-order valence-electron chi connectivity index (χ3n) is 12.1. The van der Waals surface area contributed by atoms with E-state index in [9.17, 15) is 24.6 Å². The van der Waals surface area contributed by atoms with Gasteiger partial charge in [0.25, 0.3) is 0 Å². The summed E-state index contributed by atoms with van der Waals surface area (Å²) in [5.41, 5.74) is 0.669. The van der Waals surface area contributed by atoms with Crippen LogP contribution in [0.5, 0.6) is 0 Å². The molecule has 3 aliphatic rings. The van der Waals surface area contributed by atoms with Gasteiger partial charge in [-0.25, -0.2) is 0 Å². The Hall–Kier alpha value is -3.75. The van der Waals surface area contributed by atoms with Gasteiger partial charge in [-0.15, -0.1) is 0 Å². The molecule has 1 heterocycles. The SMILES string of the molecule is CC/C=C\C/C=C\C/C=C\C/C=C\C/C=C\C/C=C\CCC(=O)N1CCC(NC(=O)C[C@H](O)C[C@@H](O)CC[C@@H]2C3C(=C[C@H](C)CC3OC(=O)C(C)(C)CC)C=C[C@@H]2C)C1. The van der Waals surface area contributed by atoms with Crippen molar-refractivity contribution in [3.63, 3.8) is 0 Å². The van der Waals surface area contributed by atoms with E-state index in [1.54, 1.807) is 0 Å². The van der Waals surface area contributed by atoms with E-state index in [1.165, 1.54) is 5.57 Å². The quantitative estimate of drug-likeness (QED) is 0.0624. The van der Waals surface area contributed by atoms with Crippen LogP contribution in [0, 0.1) is 29.1 Å². The van der Waals surface area contributed by atoms with Gasteiger partial charge in [0.2, 0.25) is 11.8 Å². The lowest BCUT2D eigenvalue weighted by molar-refractivity contribution is -0.164. The minimum absolute atomic E-state index is 0.0697. The normalized spacial score (nSPS) is 24.9. The average Bonchev–Trinajstić information content (AvgIpc) is 3.66. The van der Waals surface area contributed by atoms with Crippen molar-refractivity contribution < 1.29 is 29.3 Å². The van der Waals surface area contributed by atoms with Gasteiger partial charge in [0, 0.05) is 31.5 Å². The number of nitrogens with zero attached hydrogens (tertiary/aromatic N) is 1. The summed E-state index contributed by atoms with van der Waals surface area (Å²) >= 11 is 0. The molecule has 1 saturated heterocycles. The summed E-state index contributed by atoms with van der Waals surface area (Å²) in [5.74, 6) is 0.486. The largest absolute Gasteiger partial charge is 0.461 e. The van der Waals surface area contributed by atoms with E-state index >= 15 is 0 Å². The molecule has 59 heavy (non-hydrogen) atoms. The van der Waals surface area contributed by atoms with Crippen LogP contribution in [-0.4, -0.2) is 70.3 Å². The maximum Gasteiger partial charge on any atom is 0.311 e. The van der Waals surface area contributed by atoms with Gasteiger partial charge >= 0.3 is 5.97 Å². The highest BCUT2D eigenvalue weighted by atomic mass is 16.5. The summed E-state index contributed by atoms with van der Waals surface area (Å²) in [4.78, 5) is 40.6. The number of fused-ring (bicyclic) bond motifs is 1. The third kappa shape index (κ3) is 18.6. The summed E-state index contributed by atoms with van der Waals surface area (Å²) in [6.45, 7) is 13.4. The number of allylic oxidation sites excluding steroid dienone is 15. The molecule has 1 fully saturated rings. The lowest BCUT2D eigenvalue weighted by atomic mass is 9.65. The molecule has 8 heteroatoms. The monoisotopic (exact) mass is 815 g/mol. The fraction of sp³-hybridized carbons (Fsp3) is 0.627. The van der Waals surface area contributed by atoms with Gasteiger partial charge in [0.1, 0.15) is 6.10 Å². The van der Waals surface area contributed by atoms with E-state index in [-0.39, 0.29) is 60.5 Å². The summed E-state index contributed by atoms with van der Waals surface area (Å²) in [7, 11) is 0. The number of carbonyl (C=O) groups excluding carboxylic acids is 3. The first-order chi connectivity index (χ1) is 28.3. The second-order valence-electron chi connectivity index (χ2n) is 17.6. The molecule has 0 aromatic rings. The molecule has 0 bridgehead atoms. The number of carbonyl (C=O) groups is 3. The van der Waals surface area contributed by atoms with Crippen LogP contribution in [0.4, 0.5) is 0 Å². The van der Waals surface area contributed by atoms with Crippen molar-refractivity contribution in [3.05, 3.63) is 96.7 Å². The number of aliphatic hydroxyl groups excluding tert-OH is 2. The number of rotatable bonds is 25. The molecule has 0 aromatic carbocycles. The van der Waals surface area contributed by atoms with Gasteiger partial charge in [-0.3, -0.25) is 14.4 Å². The van der Waals surface area contributed by atoms with Crippen molar-refractivity contribution in [3.8, 4) is 0 Å². The van der Waals surface area contributed by atoms with Gasteiger partial charge in [-0.2, -0.15) is 0 Å². The summed E-state index contributed by atoms with van der Waals surface area (Å²) in [6, 6.07) is -0.138. The highest BCUT2D eigenvalue weighted by Crippen LogP contribution is 2.45. The topological polar surface area (TPSA) is 116 Å². The zero-order valence-corrected chi connectivity index (χ0v) is 37.3. The molecule has 328 valence electrons. The summed E-state index contributed by atoms with van der Waals surface area (Å²) < 4.78 is 6.23. The lowest BCUT2D eigenvalue weighted by Gasteiger charge is -2.44. The molecule has 3 unspecified atom stereocenters. The van der Waals surface area contributed by atoms with Gasteiger partial charge in [0.15, 0.2) is 0 Å². The van der Waals surface area contributed by atoms with Crippen molar-refractivity contribution in [2.75, 3.05) is 13.1 Å². The minimum Gasteiger partial charge on any atom is -0.461 e. The Morgan fingerprint density at radius 1 is 0.881 bits per heavy atom. The predicted octanol–water partition coefficient (Wildman–Crippen LogP) is 10.2. The fourth-order valence-corrected chi connectivity index (χ4v) is 8.17. The number of hydrogen-bond acceptors (Lipinski definition) is 6. The van der Waals surface area contributed by atoms with Crippen molar-refractivity contribution in [2.45, 2.75) is 162 Å². The number of esters is 1. The van der Waals surface area contributed by atoms with Gasteiger partial charge in [0.05, 0.1) is 24.0 Å². The van der Waals surface area contributed by atoms with Crippen molar-refractivity contribution in [1.82, 2.24) is 10.2 Å². The van der Waals surface area contributed by atoms with Gasteiger partial charge < -0.3 is 25.2 Å². The lowest BCUT2D eigenvalue weighted by Crippen LogP contribution is -2.43. The Kier molecular flexibility index (Phi) is 22.8. The molecule has 2 aliphatic carbocycles. The molecule has 1 aliphatic heterocycles. The van der Waals surface area contributed by atoms with E-state index in [2.05, 4.69) is 117 Å². The van der Waals surface area contributed by atoms with E-state index < -0.39 is 17.6 Å². The zero-order chi connectivity index (χ0) is 43.0. The Labute approximate surface area is 357 Å². The molecule has 3 N–H and O–H groups in total. The maximum atomic E-state index is 13.1. The Balaban J connectivity index is 1.29. The van der Waals surface area contributed by atoms with E-state index in [0.717, 1.165) is 51.4 Å². The number of nitrogens with one attached hydrogen (secondary N) is 1. The number of amides is 2. The number of ether oxygens (including phenoxy) is 1. The average molecular weight is 815 g/mol. The highest BCUT2D eigenvalue weighted by Gasteiger charge is 2.43. The van der Waals surface area contributed by atoms with Crippen LogP contribution in [0.1, 0.15) is 138 Å². The number of hydrogen-bond donors (Lipinski definition) is 3. The first kappa shape index (κ1) is 49.6. The Bertz CT molecular complexity index is 1530. The zero-order valence-electron chi connectivity index (χ0n) is 37.3. The fourth-order valence-electron chi connectivity index (χ4n) is 8.17. The van der Waals surface area contributed by atoms with Crippen molar-refractivity contribution in [1.29, 1.82) is 0 Å². The molecule has 0 saturated carbocycles. The molecule has 8 nitrogen and oxygen atoms in total. The first-order valence-corrected chi connectivity index (χ1v) is 22.8. The Morgan fingerprint density at radius 2 is 1.47 bits per heavy atom. The number of aliphatic hydroxyl groups is 2. The van der Waals surface area contributed by atoms with Crippen LogP contribution in [-0.2, 0) is 19.1 Å². The van der Waals surface area contributed by atoms with Crippen LogP contribution >= 0.6 is 0 Å². The molecule has 2 amide bonds. The van der Waals surface area contributed by atoms with Gasteiger partial charge in [-0.1, -0.05) is 119 Å². The third-order valence-corrected chi connectivity index (χ3v) is 12.1. The predicted molar refractivity (Wildman–Crippen MR) is 242 cm³/mol. The molecule has 0 spiro atoms. The maximum absolute atomic E-state index is 13.1. The summed E-state index contributed by atoms with van der Waals surface area (Å²) in [6.07, 6.45) is 41.1. The van der Waals surface area contributed by atoms with Crippen LogP contribution in [0.3, 0.4) is 0 Å². The summed E-state index contributed by atoms with van der Waals surface area (Å²) in [5, 5.41) is 24.7. The molecular weight excluding hydrogens is 737 g/mol. The van der Waals surface area contributed by atoms with Crippen molar-refractivity contribution >= 4 is 17.8 Å². The highest BCUT2D eigenvalue weighted by molar-refractivity contribution is 5.78. The molecular formula is C51H78N2O6. The van der Waals surface area contributed by atoms with E-state index in [1.807, 2.05) is 25.7 Å². The molecule has 3 rings (SSSR count). The van der Waals surface area contributed by atoms with E-state index in [0.29, 0.717) is 51.1 Å². The van der Waals surface area contributed by atoms with Crippen LogP contribution in [0.2, 0.25) is 0 Å². The smallest absolute Gasteiger partial charge is 0.311 e. The minimum atomic E-state index is -0.967. The molecule has 0 radical (unpaired) electrons.